The first-order chi connectivity index (χ1) is 8.74. The average Bonchev–Trinajstić information content (AvgIpc) is 3.21. The Balaban J connectivity index is 2.14. The Labute approximate surface area is 106 Å². The molecule has 0 radical (unpaired) electrons. The Morgan fingerprint density at radius 3 is 2.89 bits per heavy atom. The summed E-state index contributed by atoms with van der Waals surface area (Å²) in [6, 6.07) is 4.21. The van der Waals surface area contributed by atoms with Gasteiger partial charge in [-0.25, -0.2) is 0 Å². The second-order valence-corrected chi connectivity index (χ2v) is 5.17. The number of hydrogen-bond acceptors (Lipinski definition) is 3. The molecule has 3 rings (SSSR count). The molecule has 4 heteroatoms. The van der Waals surface area contributed by atoms with Crippen LogP contribution in [0.15, 0.2) is 10.9 Å². The third-order valence-corrected chi connectivity index (χ3v) is 3.97. The molecule has 0 N–H and O–H groups in total. The van der Waals surface area contributed by atoms with Crippen LogP contribution in [0.4, 0.5) is 0 Å². The van der Waals surface area contributed by atoms with Gasteiger partial charge in [0, 0.05) is 31.2 Å². The molecule has 0 saturated heterocycles. The zero-order valence-electron chi connectivity index (χ0n) is 10.6. The molecule has 0 atom stereocenters. The number of hydrogen-bond donors (Lipinski definition) is 0. The summed E-state index contributed by atoms with van der Waals surface area (Å²) in [4.78, 5) is 14.6. The first-order valence-electron chi connectivity index (χ1n) is 6.64. The standard InChI is InChI=1S/C14H17N3O/c1-2-16-6-5-13-11(9-16)7-10(8-15)14(18)17(13)12-3-4-12/h7,12H,2-6,9H2,1H3. The highest BCUT2D eigenvalue weighted by Gasteiger charge is 2.30. The van der Waals surface area contributed by atoms with Crippen molar-refractivity contribution in [2.45, 2.75) is 38.8 Å². The zero-order valence-corrected chi connectivity index (χ0v) is 10.6. The first kappa shape index (κ1) is 11.5. The van der Waals surface area contributed by atoms with Gasteiger partial charge < -0.3 is 4.57 Å². The maximum absolute atomic E-state index is 12.2. The van der Waals surface area contributed by atoms with Gasteiger partial charge in [0.1, 0.15) is 11.6 Å². The fourth-order valence-electron chi connectivity index (χ4n) is 2.80. The number of likely N-dealkylation sites (N-methyl/N-ethyl adjacent to an activating group) is 1. The second-order valence-electron chi connectivity index (χ2n) is 5.17. The molecule has 1 aliphatic carbocycles. The molecule has 1 aromatic rings. The van der Waals surface area contributed by atoms with Crippen molar-refractivity contribution in [3.8, 4) is 6.07 Å². The second kappa shape index (κ2) is 4.25. The third kappa shape index (κ3) is 1.75. The van der Waals surface area contributed by atoms with E-state index in [4.69, 9.17) is 5.26 Å². The molecule has 2 aliphatic rings. The fourth-order valence-corrected chi connectivity index (χ4v) is 2.80. The van der Waals surface area contributed by atoms with Crippen molar-refractivity contribution in [2.24, 2.45) is 0 Å². The van der Waals surface area contributed by atoms with Crippen molar-refractivity contribution in [1.29, 1.82) is 5.26 Å². The quantitative estimate of drug-likeness (QED) is 0.789. The van der Waals surface area contributed by atoms with Gasteiger partial charge in [0.05, 0.1) is 0 Å². The van der Waals surface area contributed by atoms with Crippen LogP contribution in [0.3, 0.4) is 0 Å². The summed E-state index contributed by atoms with van der Waals surface area (Å²) >= 11 is 0. The normalized spacial score (nSPS) is 19.3. The van der Waals surface area contributed by atoms with Gasteiger partial charge in [-0.1, -0.05) is 6.92 Å². The fraction of sp³-hybridized carbons (Fsp3) is 0.571. The summed E-state index contributed by atoms with van der Waals surface area (Å²) in [5, 5.41) is 9.09. The first-order valence-corrected chi connectivity index (χ1v) is 6.64. The molecule has 1 aliphatic heterocycles. The van der Waals surface area contributed by atoms with Crippen molar-refractivity contribution >= 4 is 0 Å². The molecule has 1 fully saturated rings. The van der Waals surface area contributed by atoms with Crippen LogP contribution < -0.4 is 5.56 Å². The summed E-state index contributed by atoms with van der Waals surface area (Å²) in [7, 11) is 0. The minimum atomic E-state index is -0.0799. The van der Waals surface area contributed by atoms with Crippen LogP contribution in [0.25, 0.3) is 0 Å². The lowest BCUT2D eigenvalue weighted by atomic mass is 10.0. The van der Waals surface area contributed by atoms with Crippen molar-refractivity contribution in [3.05, 3.63) is 33.2 Å². The van der Waals surface area contributed by atoms with Gasteiger partial charge in [0.15, 0.2) is 0 Å². The van der Waals surface area contributed by atoms with Crippen LogP contribution in [-0.2, 0) is 13.0 Å². The average molecular weight is 243 g/mol. The summed E-state index contributed by atoms with van der Waals surface area (Å²) < 4.78 is 1.90. The molecule has 2 heterocycles. The van der Waals surface area contributed by atoms with E-state index in [-0.39, 0.29) is 5.56 Å². The van der Waals surface area contributed by atoms with Crippen LogP contribution in [0, 0.1) is 11.3 Å². The van der Waals surface area contributed by atoms with Crippen LogP contribution in [0.5, 0.6) is 0 Å². The van der Waals surface area contributed by atoms with Crippen molar-refractivity contribution in [2.75, 3.05) is 13.1 Å². The summed E-state index contributed by atoms with van der Waals surface area (Å²) in [5.74, 6) is 0. The highest BCUT2D eigenvalue weighted by Crippen LogP contribution is 2.36. The highest BCUT2D eigenvalue weighted by atomic mass is 16.1. The van der Waals surface area contributed by atoms with E-state index in [1.807, 2.05) is 10.6 Å². The minimum Gasteiger partial charge on any atom is -0.308 e. The predicted octanol–water partition coefficient (Wildman–Crippen LogP) is 1.43. The van der Waals surface area contributed by atoms with E-state index < -0.39 is 0 Å². The van der Waals surface area contributed by atoms with E-state index in [2.05, 4.69) is 11.8 Å². The van der Waals surface area contributed by atoms with Crippen LogP contribution in [0.2, 0.25) is 0 Å². The topological polar surface area (TPSA) is 49.0 Å². The lowest BCUT2D eigenvalue weighted by molar-refractivity contribution is 0.261. The molecule has 0 spiro atoms. The highest BCUT2D eigenvalue weighted by molar-refractivity contribution is 5.36. The third-order valence-electron chi connectivity index (χ3n) is 3.97. The van der Waals surface area contributed by atoms with E-state index in [0.29, 0.717) is 11.6 Å². The zero-order chi connectivity index (χ0) is 12.7. The van der Waals surface area contributed by atoms with Gasteiger partial charge in [-0.05, 0) is 31.0 Å². The number of rotatable bonds is 2. The van der Waals surface area contributed by atoms with Crippen molar-refractivity contribution < 1.29 is 0 Å². The van der Waals surface area contributed by atoms with E-state index in [0.717, 1.165) is 38.9 Å². The van der Waals surface area contributed by atoms with Gasteiger partial charge in [-0.3, -0.25) is 9.69 Å². The van der Waals surface area contributed by atoms with Crippen LogP contribution in [-0.4, -0.2) is 22.6 Å². The molecule has 4 nitrogen and oxygen atoms in total. The number of pyridine rings is 1. The Hall–Kier alpha value is -1.60. The molecule has 0 amide bonds. The Bertz CT molecular complexity index is 578. The van der Waals surface area contributed by atoms with Crippen molar-refractivity contribution in [1.82, 2.24) is 9.47 Å². The Morgan fingerprint density at radius 2 is 2.28 bits per heavy atom. The predicted molar refractivity (Wildman–Crippen MR) is 68.3 cm³/mol. The molecule has 94 valence electrons. The largest absolute Gasteiger partial charge is 0.308 e. The van der Waals surface area contributed by atoms with E-state index in [1.54, 1.807) is 6.07 Å². The summed E-state index contributed by atoms with van der Waals surface area (Å²) in [6.45, 7) is 5.05. The molecule has 1 aromatic heterocycles. The van der Waals surface area contributed by atoms with Gasteiger partial charge in [0.2, 0.25) is 0 Å². The van der Waals surface area contributed by atoms with E-state index >= 15 is 0 Å². The van der Waals surface area contributed by atoms with E-state index in [9.17, 15) is 4.79 Å². The molecular formula is C14H17N3O. The Kier molecular flexibility index (Phi) is 2.71. The number of fused-ring (bicyclic) bond motifs is 1. The Morgan fingerprint density at radius 1 is 1.50 bits per heavy atom. The van der Waals surface area contributed by atoms with Crippen LogP contribution in [0.1, 0.15) is 42.6 Å². The maximum atomic E-state index is 12.2. The SMILES string of the molecule is CCN1CCc2c(cc(C#N)c(=O)n2C2CC2)C1. The smallest absolute Gasteiger partial charge is 0.268 e. The molecular weight excluding hydrogens is 226 g/mol. The molecule has 0 unspecified atom stereocenters. The summed E-state index contributed by atoms with van der Waals surface area (Å²) in [5.41, 5.74) is 2.57. The molecule has 1 saturated carbocycles. The molecule has 0 bridgehead atoms. The number of nitrogens with zero attached hydrogens (tertiary/aromatic N) is 3. The summed E-state index contributed by atoms with van der Waals surface area (Å²) in [6.07, 6.45) is 3.10. The molecule has 18 heavy (non-hydrogen) atoms. The number of nitriles is 1. The van der Waals surface area contributed by atoms with E-state index in [1.165, 1.54) is 11.3 Å². The molecule has 0 aromatic carbocycles. The minimum absolute atomic E-state index is 0.0799. The van der Waals surface area contributed by atoms with Gasteiger partial charge in [0.25, 0.3) is 5.56 Å². The van der Waals surface area contributed by atoms with Crippen molar-refractivity contribution in [3.63, 3.8) is 0 Å². The lowest BCUT2D eigenvalue weighted by Gasteiger charge is -2.29. The monoisotopic (exact) mass is 243 g/mol. The van der Waals surface area contributed by atoms with Gasteiger partial charge in [-0.15, -0.1) is 0 Å². The number of aromatic nitrogens is 1. The maximum Gasteiger partial charge on any atom is 0.268 e. The van der Waals surface area contributed by atoms with Gasteiger partial charge >= 0.3 is 0 Å². The lowest BCUT2D eigenvalue weighted by Crippen LogP contribution is -2.36. The van der Waals surface area contributed by atoms with Gasteiger partial charge in [-0.2, -0.15) is 5.26 Å². The van der Waals surface area contributed by atoms with Crippen LogP contribution >= 0.6 is 0 Å².